The van der Waals surface area contributed by atoms with Crippen LogP contribution in [0.2, 0.25) is 0 Å². The van der Waals surface area contributed by atoms with Gasteiger partial charge in [-0.25, -0.2) is 0 Å². The highest BCUT2D eigenvalue weighted by Gasteiger charge is 2.39. The summed E-state index contributed by atoms with van der Waals surface area (Å²) < 4.78 is 5.67. The molecule has 0 saturated carbocycles. The summed E-state index contributed by atoms with van der Waals surface area (Å²) in [6, 6.07) is 7.92. The maximum absolute atomic E-state index is 5.67. The van der Waals surface area contributed by atoms with Gasteiger partial charge in [0.15, 0.2) is 5.72 Å². The molecular formula is C9H11NOS2. The predicted molar refractivity (Wildman–Crippen MR) is 58.3 cm³/mol. The molecule has 1 atom stereocenters. The summed E-state index contributed by atoms with van der Waals surface area (Å²) in [5, 5.41) is 3.15. The van der Waals surface area contributed by atoms with Crippen molar-refractivity contribution in [3.8, 4) is 5.75 Å². The van der Waals surface area contributed by atoms with Crippen LogP contribution in [0.3, 0.4) is 0 Å². The first-order valence-corrected chi connectivity index (χ1v) is 5.94. The van der Waals surface area contributed by atoms with Crippen molar-refractivity contribution in [2.45, 2.75) is 17.5 Å². The van der Waals surface area contributed by atoms with Gasteiger partial charge in [-0.15, -0.1) is 11.7 Å². The van der Waals surface area contributed by atoms with Gasteiger partial charge in [-0.1, -0.05) is 10.8 Å². The van der Waals surface area contributed by atoms with Crippen LogP contribution in [-0.2, 0) is 0 Å². The fourth-order valence-corrected chi connectivity index (χ4v) is 1.65. The predicted octanol–water partition coefficient (Wildman–Crippen LogP) is 2.32. The second-order valence-corrected chi connectivity index (χ2v) is 4.45. The average molecular weight is 213 g/mol. The smallest absolute Gasteiger partial charge is 0.170 e. The lowest BCUT2D eigenvalue weighted by Gasteiger charge is -2.10. The largest absolute Gasteiger partial charge is 0.472 e. The monoisotopic (exact) mass is 213 g/mol. The molecule has 1 aliphatic rings. The maximum Gasteiger partial charge on any atom is 0.170 e. The first kappa shape index (κ1) is 9.24. The second kappa shape index (κ2) is 3.44. The second-order valence-electron chi connectivity index (χ2n) is 3.25. The fraction of sp³-hybridized carbons (Fsp3) is 0.333. The molecule has 1 saturated heterocycles. The van der Waals surface area contributed by atoms with Gasteiger partial charge in [-0.3, -0.25) is 5.32 Å². The Morgan fingerprint density at radius 3 is 2.54 bits per heavy atom. The lowest BCUT2D eigenvalue weighted by molar-refractivity contribution is 0.195. The van der Waals surface area contributed by atoms with E-state index in [4.69, 9.17) is 4.74 Å². The SMILES string of the molecule is CC1(Oc2ccc(SS)cc2)CN1. The maximum atomic E-state index is 5.67. The van der Waals surface area contributed by atoms with E-state index in [1.807, 2.05) is 31.2 Å². The highest BCUT2D eigenvalue weighted by molar-refractivity contribution is 8.68. The number of rotatable bonds is 3. The molecule has 2 nitrogen and oxygen atoms in total. The third kappa shape index (κ3) is 2.33. The summed E-state index contributed by atoms with van der Waals surface area (Å²) >= 11 is 4.11. The molecular weight excluding hydrogens is 202 g/mol. The van der Waals surface area contributed by atoms with Crippen LogP contribution in [0, 0.1) is 0 Å². The van der Waals surface area contributed by atoms with Gasteiger partial charge < -0.3 is 4.74 Å². The van der Waals surface area contributed by atoms with Crippen LogP contribution in [0.25, 0.3) is 0 Å². The number of hydrogen-bond acceptors (Lipinski definition) is 4. The molecule has 0 amide bonds. The zero-order chi connectivity index (χ0) is 9.31. The molecule has 0 radical (unpaired) electrons. The Balaban J connectivity index is 2.05. The molecule has 1 aromatic carbocycles. The third-order valence-electron chi connectivity index (χ3n) is 1.95. The molecule has 1 aliphatic heterocycles. The lowest BCUT2D eigenvalue weighted by atomic mass is 10.3. The summed E-state index contributed by atoms with van der Waals surface area (Å²) in [6.45, 7) is 2.96. The van der Waals surface area contributed by atoms with Crippen LogP contribution >= 0.6 is 22.5 Å². The minimum atomic E-state index is -0.129. The average Bonchev–Trinajstić information content (AvgIpc) is 2.85. The van der Waals surface area contributed by atoms with Gasteiger partial charge in [-0.05, 0) is 31.2 Å². The van der Waals surface area contributed by atoms with Gasteiger partial charge in [0.2, 0.25) is 0 Å². The van der Waals surface area contributed by atoms with Gasteiger partial charge in [0.05, 0.1) is 6.54 Å². The van der Waals surface area contributed by atoms with Crippen molar-refractivity contribution in [2.75, 3.05) is 6.54 Å². The number of ether oxygens (including phenoxy) is 1. The van der Waals surface area contributed by atoms with E-state index < -0.39 is 0 Å². The molecule has 70 valence electrons. The Kier molecular flexibility index (Phi) is 2.45. The highest BCUT2D eigenvalue weighted by Crippen LogP contribution is 2.27. The molecule has 1 fully saturated rings. The minimum absolute atomic E-state index is 0.129. The molecule has 1 aromatic rings. The topological polar surface area (TPSA) is 31.2 Å². The molecule has 0 aliphatic carbocycles. The molecule has 1 unspecified atom stereocenters. The number of hydrogen-bond donors (Lipinski definition) is 2. The van der Waals surface area contributed by atoms with Gasteiger partial charge in [0.1, 0.15) is 5.75 Å². The van der Waals surface area contributed by atoms with Crippen molar-refractivity contribution in [1.29, 1.82) is 0 Å². The van der Waals surface area contributed by atoms with Crippen LogP contribution < -0.4 is 10.1 Å². The van der Waals surface area contributed by atoms with Gasteiger partial charge in [0, 0.05) is 4.90 Å². The molecule has 0 spiro atoms. The Morgan fingerprint density at radius 2 is 2.08 bits per heavy atom. The van der Waals surface area contributed by atoms with E-state index in [9.17, 15) is 0 Å². The molecule has 0 bridgehead atoms. The van der Waals surface area contributed by atoms with E-state index in [0.717, 1.165) is 17.2 Å². The van der Waals surface area contributed by atoms with Crippen LogP contribution in [-0.4, -0.2) is 12.3 Å². The van der Waals surface area contributed by atoms with Crippen molar-refractivity contribution >= 4 is 22.5 Å². The zero-order valence-electron chi connectivity index (χ0n) is 7.28. The Labute approximate surface area is 86.9 Å². The van der Waals surface area contributed by atoms with E-state index in [1.165, 1.54) is 10.8 Å². The van der Waals surface area contributed by atoms with E-state index in [0.29, 0.717) is 0 Å². The van der Waals surface area contributed by atoms with Gasteiger partial charge >= 0.3 is 0 Å². The Hall–Kier alpha value is -0.320. The quantitative estimate of drug-likeness (QED) is 0.459. The Morgan fingerprint density at radius 1 is 1.46 bits per heavy atom. The van der Waals surface area contributed by atoms with E-state index in [-0.39, 0.29) is 5.72 Å². The summed E-state index contributed by atoms with van der Waals surface area (Å²) in [5.74, 6) is 0.902. The van der Waals surface area contributed by atoms with Crippen LogP contribution in [0.4, 0.5) is 0 Å². The first-order valence-electron chi connectivity index (χ1n) is 4.07. The van der Waals surface area contributed by atoms with Crippen molar-refractivity contribution in [3.05, 3.63) is 24.3 Å². The van der Waals surface area contributed by atoms with Crippen LogP contribution in [0.15, 0.2) is 29.2 Å². The van der Waals surface area contributed by atoms with Crippen molar-refractivity contribution < 1.29 is 4.74 Å². The minimum Gasteiger partial charge on any atom is -0.472 e. The van der Waals surface area contributed by atoms with E-state index in [1.54, 1.807) is 0 Å². The normalized spacial score (nSPS) is 25.7. The summed E-state index contributed by atoms with van der Waals surface area (Å²) in [6.07, 6.45) is 0. The molecule has 0 aromatic heterocycles. The number of thiol groups is 1. The Bertz CT molecular complexity index is 295. The number of nitrogens with one attached hydrogen (secondary N) is 1. The van der Waals surface area contributed by atoms with Crippen molar-refractivity contribution in [3.63, 3.8) is 0 Å². The summed E-state index contributed by atoms with van der Waals surface area (Å²) in [7, 11) is 1.43. The van der Waals surface area contributed by atoms with Crippen molar-refractivity contribution in [1.82, 2.24) is 5.32 Å². The van der Waals surface area contributed by atoms with Crippen molar-refractivity contribution in [2.24, 2.45) is 0 Å². The van der Waals surface area contributed by atoms with Crippen LogP contribution in [0.5, 0.6) is 5.75 Å². The summed E-state index contributed by atoms with van der Waals surface area (Å²) in [4.78, 5) is 1.13. The zero-order valence-corrected chi connectivity index (χ0v) is 8.99. The standard InChI is InChI=1S/C9H11NOS2/c1-9(6-10-9)11-7-2-4-8(13-12)5-3-7/h2-5,10,12H,6H2,1H3. The first-order chi connectivity index (χ1) is 6.22. The van der Waals surface area contributed by atoms with E-state index >= 15 is 0 Å². The molecule has 2 rings (SSSR count). The molecule has 13 heavy (non-hydrogen) atoms. The fourth-order valence-electron chi connectivity index (χ4n) is 1.03. The number of benzene rings is 1. The van der Waals surface area contributed by atoms with Gasteiger partial charge in [-0.2, -0.15) is 0 Å². The third-order valence-corrected chi connectivity index (χ3v) is 3.06. The van der Waals surface area contributed by atoms with Gasteiger partial charge in [0.25, 0.3) is 0 Å². The van der Waals surface area contributed by atoms with E-state index in [2.05, 4.69) is 17.0 Å². The van der Waals surface area contributed by atoms with Crippen LogP contribution in [0.1, 0.15) is 6.92 Å². The summed E-state index contributed by atoms with van der Waals surface area (Å²) in [5.41, 5.74) is -0.129. The highest BCUT2D eigenvalue weighted by atomic mass is 33.1. The lowest BCUT2D eigenvalue weighted by Crippen LogP contribution is -2.18. The molecule has 4 heteroatoms. The molecule has 1 heterocycles. The molecule has 1 N–H and O–H groups in total.